The summed E-state index contributed by atoms with van der Waals surface area (Å²) in [6, 6.07) is 9.20. The summed E-state index contributed by atoms with van der Waals surface area (Å²) in [5.41, 5.74) is 0.842. The molecule has 0 aromatic heterocycles. The van der Waals surface area contributed by atoms with E-state index >= 15 is 0 Å². The number of para-hydroxylation sites is 1. The zero-order valence-corrected chi connectivity index (χ0v) is 13.0. The Kier molecular flexibility index (Phi) is 9.58. The van der Waals surface area contributed by atoms with Crippen molar-refractivity contribution >= 4 is 0 Å². The minimum absolute atomic E-state index is 0.0236. The van der Waals surface area contributed by atoms with Gasteiger partial charge in [-0.05, 0) is 36.6 Å². The van der Waals surface area contributed by atoms with E-state index in [-0.39, 0.29) is 6.61 Å². The Hall–Kier alpha value is -1.32. The van der Waals surface area contributed by atoms with Crippen LogP contribution in [0.3, 0.4) is 0 Å². The van der Waals surface area contributed by atoms with E-state index in [0.717, 1.165) is 18.4 Å². The quantitative estimate of drug-likeness (QED) is 0.367. The van der Waals surface area contributed by atoms with E-state index in [0.29, 0.717) is 5.75 Å². The highest BCUT2D eigenvalue weighted by Gasteiger charge is 2.05. The topological polar surface area (TPSA) is 49.7 Å². The second kappa shape index (κ2) is 11.4. The summed E-state index contributed by atoms with van der Waals surface area (Å²) in [7, 11) is 0. The maximum atomic E-state index is 9.87. The lowest BCUT2D eigenvalue weighted by Gasteiger charge is -2.12. The van der Waals surface area contributed by atoms with Crippen molar-refractivity contribution < 1.29 is 14.9 Å². The molecule has 21 heavy (non-hydrogen) atoms. The smallest absolute Gasteiger partial charge is 0.217 e. The van der Waals surface area contributed by atoms with E-state index in [4.69, 9.17) is 4.74 Å². The van der Waals surface area contributed by atoms with Gasteiger partial charge in [-0.1, -0.05) is 57.2 Å². The van der Waals surface area contributed by atoms with Crippen molar-refractivity contribution in [3.8, 4) is 5.75 Å². The van der Waals surface area contributed by atoms with Gasteiger partial charge in [0, 0.05) is 0 Å². The molecular formula is C18H28O3. The lowest BCUT2D eigenvalue weighted by atomic mass is 10.1. The predicted molar refractivity (Wildman–Crippen MR) is 86.2 cm³/mol. The zero-order chi connectivity index (χ0) is 15.3. The largest absolute Gasteiger partial charge is 0.461 e. The lowest BCUT2D eigenvalue weighted by Crippen LogP contribution is -2.13. The maximum Gasteiger partial charge on any atom is 0.217 e. The van der Waals surface area contributed by atoms with Crippen LogP contribution < -0.4 is 4.74 Å². The van der Waals surface area contributed by atoms with Crippen molar-refractivity contribution in [1.29, 1.82) is 0 Å². The van der Waals surface area contributed by atoms with Crippen LogP contribution in [0.1, 0.15) is 51.9 Å². The summed E-state index contributed by atoms with van der Waals surface area (Å²) in [6.45, 7) is 2.19. The molecule has 0 bridgehead atoms. The number of hydrogen-bond acceptors (Lipinski definition) is 3. The Morgan fingerprint density at radius 3 is 2.43 bits per heavy atom. The molecule has 0 aliphatic heterocycles. The van der Waals surface area contributed by atoms with Gasteiger partial charge in [0.25, 0.3) is 0 Å². The molecule has 0 fully saturated rings. The van der Waals surface area contributed by atoms with Gasteiger partial charge in [0.1, 0.15) is 5.75 Å². The minimum atomic E-state index is -1.00. The molecule has 3 heteroatoms. The average Bonchev–Trinajstić information content (AvgIpc) is 2.50. The third kappa shape index (κ3) is 8.53. The number of rotatable bonds is 11. The van der Waals surface area contributed by atoms with Crippen LogP contribution in [-0.4, -0.2) is 23.1 Å². The van der Waals surface area contributed by atoms with Crippen LogP contribution in [0, 0.1) is 0 Å². The van der Waals surface area contributed by atoms with Crippen LogP contribution in [0.15, 0.2) is 42.0 Å². The Labute approximate surface area is 128 Å². The molecule has 0 amide bonds. The normalized spacial score (nSPS) is 13.2. The predicted octanol–water partition coefficient (Wildman–Crippen LogP) is 4.05. The van der Waals surface area contributed by atoms with Gasteiger partial charge in [-0.2, -0.15) is 0 Å². The van der Waals surface area contributed by atoms with Gasteiger partial charge in [-0.25, -0.2) is 0 Å². The summed E-state index contributed by atoms with van der Waals surface area (Å²) >= 11 is 0. The zero-order valence-electron chi connectivity index (χ0n) is 13.0. The second-order valence-corrected chi connectivity index (χ2v) is 5.32. The maximum absolute atomic E-state index is 9.87. The Bertz CT molecular complexity index is 387. The van der Waals surface area contributed by atoms with Gasteiger partial charge in [0.15, 0.2) is 0 Å². The van der Waals surface area contributed by atoms with Crippen LogP contribution in [0.2, 0.25) is 0 Å². The first kappa shape index (κ1) is 17.7. The molecule has 0 radical (unpaired) electrons. The van der Waals surface area contributed by atoms with E-state index in [1.165, 1.54) is 32.1 Å². The van der Waals surface area contributed by atoms with Crippen molar-refractivity contribution in [3.05, 3.63) is 42.0 Å². The fraction of sp³-hybridized carbons (Fsp3) is 0.556. The Balaban J connectivity index is 2.29. The fourth-order valence-corrected chi connectivity index (χ4v) is 2.22. The Morgan fingerprint density at radius 2 is 1.76 bits per heavy atom. The highest BCUT2D eigenvalue weighted by atomic mass is 16.6. The SMILES string of the molecule is CCCCCCCCC(=CC(O)Oc1ccccc1)CO. The average molecular weight is 292 g/mol. The Morgan fingerprint density at radius 1 is 1.10 bits per heavy atom. The van der Waals surface area contributed by atoms with E-state index in [1.54, 1.807) is 18.2 Å². The van der Waals surface area contributed by atoms with Crippen LogP contribution in [-0.2, 0) is 0 Å². The van der Waals surface area contributed by atoms with Crippen molar-refractivity contribution in [3.63, 3.8) is 0 Å². The van der Waals surface area contributed by atoms with Crippen LogP contribution >= 0.6 is 0 Å². The molecule has 118 valence electrons. The highest BCUT2D eigenvalue weighted by molar-refractivity contribution is 5.21. The van der Waals surface area contributed by atoms with Gasteiger partial charge in [-0.15, -0.1) is 0 Å². The molecule has 0 heterocycles. The molecule has 3 nitrogen and oxygen atoms in total. The molecule has 1 aromatic carbocycles. The molecule has 0 saturated carbocycles. The lowest BCUT2D eigenvalue weighted by molar-refractivity contribution is 0.0234. The van der Waals surface area contributed by atoms with E-state index in [9.17, 15) is 10.2 Å². The first-order chi connectivity index (χ1) is 10.3. The number of aliphatic hydroxyl groups excluding tert-OH is 2. The number of aliphatic hydroxyl groups is 2. The first-order valence-corrected chi connectivity index (χ1v) is 7.96. The van der Waals surface area contributed by atoms with Crippen LogP contribution in [0.4, 0.5) is 0 Å². The first-order valence-electron chi connectivity index (χ1n) is 7.96. The number of benzene rings is 1. The third-order valence-electron chi connectivity index (χ3n) is 3.43. The molecule has 1 unspecified atom stereocenters. The molecule has 0 aliphatic carbocycles. The summed E-state index contributed by atoms with van der Waals surface area (Å²) in [6.07, 6.45) is 8.73. The van der Waals surface area contributed by atoms with Gasteiger partial charge in [0.2, 0.25) is 6.29 Å². The van der Waals surface area contributed by atoms with Gasteiger partial charge in [-0.3, -0.25) is 0 Å². The molecule has 2 N–H and O–H groups in total. The van der Waals surface area contributed by atoms with Crippen molar-refractivity contribution in [2.75, 3.05) is 6.61 Å². The number of hydrogen-bond donors (Lipinski definition) is 2. The van der Waals surface area contributed by atoms with E-state index in [1.807, 2.05) is 18.2 Å². The van der Waals surface area contributed by atoms with Gasteiger partial charge < -0.3 is 14.9 Å². The van der Waals surface area contributed by atoms with Crippen molar-refractivity contribution in [1.82, 2.24) is 0 Å². The molecule has 0 saturated heterocycles. The molecule has 1 aromatic rings. The van der Waals surface area contributed by atoms with Crippen molar-refractivity contribution in [2.24, 2.45) is 0 Å². The van der Waals surface area contributed by atoms with Gasteiger partial charge in [0.05, 0.1) is 6.61 Å². The highest BCUT2D eigenvalue weighted by Crippen LogP contribution is 2.14. The van der Waals surface area contributed by atoms with Crippen LogP contribution in [0.25, 0.3) is 0 Å². The third-order valence-corrected chi connectivity index (χ3v) is 3.43. The van der Waals surface area contributed by atoms with E-state index < -0.39 is 6.29 Å². The summed E-state index contributed by atoms with van der Waals surface area (Å²) in [5, 5.41) is 19.2. The van der Waals surface area contributed by atoms with Gasteiger partial charge >= 0.3 is 0 Å². The summed E-state index contributed by atoms with van der Waals surface area (Å²) in [5.74, 6) is 0.623. The molecular weight excluding hydrogens is 264 g/mol. The summed E-state index contributed by atoms with van der Waals surface area (Å²) in [4.78, 5) is 0. The number of unbranched alkanes of at least 4 members (excludes halogenated alkanes) is 5. The van der Waals surface area contributed by atoms with E-state index in [2.05, 4.69) is 6.92 Å². The monoisotopic (exact) mass is 292 g/mol. The van der Waals surface area contributed by atoms with Crippen LogP contribution in [0.5, 0.6) is 5.75 Å². The number of ether oxygens (including phenoxy) is 1. The van der Waals surface area contributed by atoms with Crippen molar-refractivity contribution in [2.45, 2.75) is 58.2 Å². The molecule has 1 rings (SSSR count). The summed E-state index contributed by atoms with van der Waals surface area (Å²) < 4.78 is 5.37. The second-order valence-electron chi connectivity index (χ2n) is 5.32. The fourth-order valence-electron chi connectivity index (χ4n) is 2.22. The molecule has 0 spiro atoms. The molecule has 1 atom stereocenters. The minimum Gasteiger partial charge on any atom is -0.461 e. The molecule has 0 aliphatic rings. The standard InChI is InChI=1S/C18H28O3/c1-2-3-4-5-6-8-11-16(15-19)14-18(20)21-17-12-9-7-10-13-17/h7,9-10,12-14,18-20H,2-6,8,11,15H2,1H3.